The Morgan fingerprint density at radius 1 is 1.46 bits per heavy atom. The molecule has 2 aromatic rings. The van der Waals surface area contributed by atoms with Gasteiger partial charge < -0.3 is 14.7 Å². The molecule has 26 heavy (non-hydrogen) atoms. The Morgan fingerprint density at radius 3 is 3.08 bits per heavy atom. The van der Waals surface area contributed by atoms with Crippen LogP contribution in [0.3, 0.4) is 0 Å². The minimum atomic E-state index is -0.427. The third-order valence-electron chi connectivity index (χ3n) is 5.81. The Balaban J connectivity index is 1.66. The number of nitrogens with zero attached hydrogens (tertiary/aromatic N) is 2. The van der Waals surface area contributed by atoms with Crippen LogP contribution in [0.5, 0.6) is 0 Å². The number of hydrogen-bond donors (Lipinski definition) is 2. The molecule has 1 saturated carbocycles. The van der Waals surface area contributed by atoms with E-state index in [1.54, 1.807) is 24.1 Å². The van der Waals surface area contributed by atoms with Crippen molar-refractivity contribution in [2.45, 2.75) is 43.4 Å². The van der Waals surface area contributed by atoms with Gasteiger partial charge in [-0.25, -0.2) is 4.39 Å². The highest BCUT2D eigenvalue weighted by Gasteiger charge is 2.52. The van der Waals surface area contributed by atoms with Crippen LogP contribution >= 0.6 is 0 Å². The van der Waals surface area contributed by atoms with E-state index in [1.807, 2.05) is 0 Å². The van der Waals surface area contributed by atoms with Gasteiger partial charge in [-0.05, 0) is 37.8 Å². The lowest BCUT2D eigenvalue weighted by atomic mass is 9.79. The molecule has 2 heterocycles. The maximum absolute atomic E-state index is 13.6. The van der Waals surface area contributed by atoms with E-state index in [0.29, 0.717) is 36.2 Å². The van der Waals surface area contributed by atoms with E-state index in [1.165, 1.54) is 18.3 Å². The number of carbonyl (C=O) groups excluding carboxylic acids is 1. The van der Waals surface area contributed by atoms with Crippen LogP contribution in [0.2, 0.25) is 0 Å². The van der Waals surface area contributed by atoms with Crippen LogP contribution in [-0.2, 0) is 4.74 Å². The molecule has 1 aromatic carbocycles. The molecule has 4 rings (SSSR count). The first-order valence-electron chi connectivity index (χ1n) is 8.87. The van der Waals surface area contributed by atoms with E-state index in [-0.39, 0.29) is 17.8 Å². The van der Waals surface area contributed by atoms with Gasteiger partial charge in [0.25, 0.3) is 5.91 Å². The molecule has 1 aliphatic carbocycles. The third kappa shape index (κ3) is 2.71. The zero-order valence-electron chi connectivity index (χ0n) is 14.6. The molecule has 2 N–H and O–H groups in total. The highest BCUT2D eigenvalue weighted by molar-refractivity contribution is 6.00. The molecule has 0 radical (unpaired) electrons. The summed E-state index contributed by atoms with van der Waals surface area (Å²) in [6, 6.07) is 5.90. The third-order valence-corrected chi connectivity index (χ3v) is 5.81. The molecule has 0 bridgehead atoms. The molecular weight excluding hydrogens is 337 g/mol. The molecule has 138 valence electrons. The first-order chi connectivity index (χ1) is 12.5. The molecule has 6 nitrogen and oxygen atoms in total. The molecule has 0 unspecified atom stereocenters. The molecule has 1 saturated heterocycles. The number of aromatic amines is 1. The van der Waals surface area contributed by atoms with E-state index in [2.05, 4.69) is 10.2 Å². The average Bonchev–Trinajstić information content (AvgIpc) is 3.26. The quantitative estimate of drug-likeness (QED) is 0.882. The summed E-state index contributed by atoms with van der Waals surface area (Å²) in [5.74, 6) is -0.540. The molecule has 0 spiro atoms. The largest absolute Gasteiger partial charge is 0.393 e. The van der Waals surface area contributed by atoms with Gasteiger partial charge in [-0.3, -0.25) is 9.89 Å². The summed E-state index contributed by atoms with van der Waals surface area (Å²) in [5, 5.41) is 16.9. The Hall–Kier alpha value is -2.25. The number of amides is 1. The number of likely N-dealkylation sites (tertiary alicyclic amines) is 1. The number of benzene rings is 1. The van der Waals surface area contributed by atoms with Gasteiger partial charge in [-0.15, -0.1) is 0 Å². The van der Waals surface area contributed by atoms with Gasteiger partial charge in [-0.1, -0.05) is 12.1 Å². The van der Waals surface area contributed by atoms with Gasteiger partial charge in [0.2, 0.25) is 0 Å². The predicted molar refractivity (Wildman–Crippen MR) is 93.0 cm³/mol. The fourth-order valence-electron chi connectivity index (χ4n) is 4.39. The molecule has 1 amide bonds. The minimum Gasteiger partial charge on any atom is -0.393 e. The number of fused-ring (bicyclic) bond motifs is 1. The van der Waals surface area contributed by atoms with E-state index < -0.39 is 11.7 Å². The second kappa shape index (κ2) is 6.48. The van der Waals surface area contributed by atoms with Crippen LogP contribution < -0.4 is 0 Å². The van der Waals surface area contributed by atoms with Crippen molar-refractivity contribution in [2.24, 2.45) is 0 Å². The number of H-pyrrole nitrogens is 1. The maximum Gasteiger partial charge on any atom is 0.258 e. The molecule has 1 aliphatic heterocycles. The van der Waals surface area contributed by atoms with Gasteiger partial charge in [-0.2, -0.15) is 5.10 Å². The zero-order valence-corrected chi connectivity index (χ0v) is 14.6. The van der Waals surface area contributed by atoms with Crippen LogP contribution in [0.15, 0.2) is 30.5 Å². The number of ether oxygens (including phenoxy) is 1. The van der Waals surface area contributed by atoms with Crippen LogP contribution in [0.1, 0.15) is 36.0 Å². The number of methoxy groups -OCH3 is 1. The Bertz CT molecular complexity index is 824. The molecule has 7 heteroatoms. The fraction of sp³-hybridized carbons (Fsp3) is 0.474. The topological polar surface area (TPSA) is 78.5 Å². The lowest BCUT2D eigenvalue weighted by Crippen LogP contribution is -2.52. The number of rotatable bonds is 3. The van der Waals surface area contributed by atoms with Crippen molar-refractivity contribution in [3.8, 4) is 11.3 Å². The number of hydrogen-bond acceptors (Lipinski definition) is 4. The van der Waals surface area contributed by atoms with Crippen molar-refractivity contribution in [1.29, 1.82) is 0 Å². The molecule has 3 atom stereocenters. The van der Waals surface area contributed by atoms with Crippen molar-refractivity contribution >= 4 is 5.91 Å². The Labute approximate surface area is 151 Å². The lowest BCUT2D eigenvalue weighted by Gasteiger charge is -2.42. The molecule has 1 aromatic heterocycles. The molecule has 2 aliphatic rings. The van der Waals surface area contributed by atoms with Crippen molar-refractivity contribution < 1.29 is 19.0 Å². The van der Waals surface area contributed by atoms with Crippen molar-refractivity contribution in [1.82, 2.24) is 15.1 Å². The van der Waals surface area contributed by atoms with Crippen LogP contribution in [0, 0.1) is 5.82 Å². The monoisotopic (exact) mass is 359 g/mol. The van der Waals surface area contributed by atoms with Crippen LogP contribution in [0.25, 0.3) is 11.3 Å². The predicted octanol–water partition coefficient (Wildman–Crippen LogP) is 2.36. The smallest absolute Gasteiger partial charge is 0.258 e. The van der Waals surface area contributed by atoms with E-state index in [4.69, 9.17) is 4.74 Å². The highest BCUT2D eigenvalue weighted by Crippen LogP contribution is 2.43. The standard InChI is InChI=1S/C19H22FN3O3/c1-26-19-6-5-14(24)10-16(19)23(8-7-19)18(25)15-11-21-22-17(15)12-3-2-4-13(20)9-12/h2-4,9,11,14,16,24H,5-8,10H2,1H3,(H,21,22)/t14-,16+,19-/m1/s1. The highest BCUT2D eigenvalue weighted by atomic mass is 19.1. The van der Waals surface area contributed by atoms with Gasteiger partial charge in [0.15, 0.2) is 0 Å². The number of aliphatic hydroxyl groups is 1. The minimum absolute atomic E-state index is 0.168. The zero-order chi connectivity index (χ0) is 18.3. The Morgan fingerprint density at radius 2 is 2.31 bits per heavy atom. The van der Waals surface area contributed by atoms with Gasteiger partial charge in [0, 0.05) is 19.2 Å². The summed E-state index contributed by atoms with van der Waals surface area (Å²) in [5.41, 5.74) is 1.09. The average molecular weight is 359 g/mol. The number of carbonyl (C=O) groups is 1. The fourth-order valence-corrected chi connectivity index (χ4v) is 4.39. The first-order valence-corrected chi connectivity index (χ1v) is 8.87. The maximum atomic E-state index is 13.6. The summed E-state index contributed by atoms with van der Waals surface area (Å²) in [7, 11) is 1.68. The first kappa shape index (κ1) is 17.2. The number of aliphatic hydroxyl groups excluding tert-OH is 1. The Kier molecular flexibility index (Phi) is 4.28. The number of aromatic nitrogens is 2. The lowest BCUT2D eigenvalue weighted by molar-refractivity contribution is -0.0824. The summed E-state index contributed by atoms with van der Waals surface area (Å²) < 4.78 is 19.4. The summed E-state index contributed by atoms with van der Waals surface area (Å²) in [6.45, 7) is 0.567. The van der Waals surface area contributed by atoms with Crippen LogP contribution in [-0.4, -0.2) is 57.5 Å². The molecule has 2 fully saturated rings. The van der Waals surface area contributed by atoms with E-state index in [0.717, 1.165) is 12.8 Å². The van der Waals surface area contributed by atoms with Crippen LogP contribution in [0.4, 0.5) is 4.39 Å². The van der Waals surface area contributed by atoms with Crippen molar-refractivity contribution in [2.75, 3.05) is 13.7 Å². The number of nitrogens with one attached hydrogen (secondary N) is 1. The summed E-state index contributed by atoms with van der Waals surface area (Å²) in [6.07, 6.45) is 3.73. The van der Waals surface area contributed by atoms with E-state index in [9.17, 15) is 14.3 Å². The van der Waals surface area contributed by atoms with E-state index >= 15 is 0 Å². The SMILES string of the molecule is CO[C@@]12CC[C@@H](O)C[C@@H]1N(C(=O)c1cn[nH]c1-c1cccc(F)c1)CC2. The normalized spacial score (nSPS) is 28.2. The van der Waals surface area contributed by atoms with Crippen molar-refractivity contribution in [3.63, 3.8) is 0 Å². The second-order valence-corrected chi connectivity index (χ2v) is 7.13. The molecular formula is C19H22FN3O3. The summed E-state index contributed by atoms with van der Waals surface area (Å²) >= 11 is 0. The van der Waals surface area contributed by atoms with Gasteiger partial charge in [0.05, 0.1) is 35.2 Å². The van der Waals surface area contributed by atoms with Gasteiger partial charge in [0.1, 0.15) is 5.82 Å². The van der Waals surface area contributed by atoms with Gasteiger partial charge >= 0.3 is 0 Å². The second-order valence-electron chi connectivity index (χ2n) is 7.13. The number of halogens is 1. The summed E-state index contributed by atoms with van der Waals surface area (Å²) in [4.78, 5) is 15.0. The van der Waals surface area contributed by atoms with Crippen molar-refractivity contribution in [3.05, 3.63) is 41.8 Å².